The summed E-state index contributed by atoms with van der Waals surface area (Å²) < 4.78 is 0. The second-order valence-corrected chi connectivity index (χ2v) is 1.08. The highest BCUT2D eigenvalue weighted by atomic mass is 16.9. The van der Waals surface area contributed by atoms with Crippen molar-refractivity contribution in [2.45, 2.75) is 6.92 Å². The lowest BCUT2D eigenvalue weighted by atomic mass is 10.5. The van der Waals surface area contributed by atoms with Crippen LogP contribution in [0.2, 0.25) is 0 Å². The van der Waals surface area contributed by atoms with Crippen LogP contribution in [0, 0.1) is 10.1 Å². The van der Waals surface area contributed by atoms with E-state index in [-0.39, 0.29) is 0 Å². The molecule has 0 spiro atoms. The summed E-state index contributed by atoms with van der Waals surface area (Å²) in [7, 11) is 0. The van der Waals surface area contributed by atoms with Gasteiger partial charge in [-0.05, 0) is 6.92 Å². The molecule has 0 aliphatic carbocycles. The van der Waals surface area contributed by atoms with E-state index in [0.717, 1.165) is 6.08 Å². The molecule has 0 unspecified atom stereocenters. The number of hydrogen-bond acceptors (Lipinski definition) is 3. The Balaban J connectivity index is 0. The van der Waals surface area contributed by atoms with Crippen molar-refractivity contribution in [3.8, 4) is 0 Å². The van der Waals surface area contributed by atoms with Crippen LogP contribution in [0.1, 0.15) is 6.92 Å². The first-order valence-corrected chi connectivity index (χ1v) is 2.19. The zero-order chi connectivity index (χ0) is 8.57. The van der Waals surface area contributed by atoms with Crippen molar-refractivity contribution in [3.05, 3.63) is 22.3 Å². The number of rotatable bonds is 1. The monoisotopic (exact) mass is 149 g/mol. The van der Waals surface area contributed by atoms with Crippen LogP contribution in [0.3, 0.4) is 0 Å². The number of nitrogens with zero attached hydrogens (tertiary/aromatic N) is 1. The second kappa shape index (κ2) is 7.41. The number of carboxylic acid groups (broad SMARTS) is 1. The molecule has 0 aliphatic heterocycles. The maximum Gasteiger partial charge on any atom is 0.327 e. The molecule has 0 saturated carbocycles. The van der Waals surface area contributed by atoms with E-state index in [0.29, 0.717) is 0 Å². The van der Waals surface area contributed by atoms with Gasteiger partial charge in [0, 0.05) is 6.08 Å². The molecule has 6 nitrogen and oxygen atoms in total. The van der Waals surface area contributed by atoms with Crippen molar-refractivity contribution >= 4 is 5.97 Å². The zero-order valence-corrected chi connectivity index (χ0v) is 5.22. The summed E-state index contributed by atoms with van der Waals surface area (Å²) in [5.74, 6) is -0.891. The van der Waals surface area contributed by atoms with Crippen molar-refractivity contribution in [3.63, 3.8) is 0 Å². The summed E-state index contributed by atoms with van der Waals surface area (Å²) in [4.78, 5) is 17.9. The van der Waals surface area contributed by atoms with E-state index in [9.17, 15) is 4.79 Å². The minimum absolute atomic E-state index is 0.891. The summed E-state index contributed by atoms with van der Waals surface area (Å²) in [6, 6.07) is 0. The smallest absolute Gasteiger partial charge is 0.327 e. The fourth-order valence-corrected chi connectivity index (χ4v) is 0.143. The first-order valence-electron chi connectivity index (χ1n) is 2.19. The normalized spacial score (nSPS) is 8.10. The van der Waals surface area contributed by atoms with E-state index in [1.165, 1.54) is 6.08 Å². The fourth-order valence-electron chi connectivity index (χ4n) is 0.143. The van der Waals surface area contributed by atoms with Crippen LogP contribution in [-0.2, 0) is 4.79 Å². The van der Waals surface area contributed by atoms with Crippen molar-refractivity contribution < 1.29 is 20.2 Å². The third kappa shape index (κ3) is 94.4. The Bertz CT molecular complexity index is 137. The summed E-state index contributed by atoms with van der Waals surface area (Å²) in [5, 5.41) is 21.5. The van der Waals surface area contributed by atoms with Crippen molar-refractivity contribution in [2.75, 3.05) is 0 Å². The third-order valence-corrected chi connectivity index (χ3v) is 0.309. The van der Waals surface area contributed by atoms with Gasteiger partial charge in [-0.1, -0.05) is 6.08 Å². The number of allylic oxidation sites excluding steroid dienone is 1. The number of carbonyl (C=O) groups is 1. The summed E-state index contributed by atoms with van der Waals surface area (Å²) in [6.45, 7) is 1.66. The average molecular weight is 149 g/mol. The van der Waals surface area contributed by atoms with Crippen LogP contribution in [0.15, 0.2) is 12.2 Å². The highest BCUT2D eigenvalue weighted by molar-refractivity contribution is 5.79. The minimum Gasteiger partial charge on any atom is -0.478 e. The molecule has 0 fully saturated rings. The van der Waals surface area contributed by atoms with Gasteiger partial charge in [0.15, 0.2) is 0 Å². The number of hydrogen-bond donors (Lipinski definition) is 2. The SMILES string of the molecule is C/C=C/C(=O)O.O=[N+]([O-])O. The second-order valence-electron chi connectivity index (χ2n) is 1.08. The molecule has 0 aromatic rings. The van der Waals surface area contributed by atoms with Crippen molar-refractivity contribution in [1.82, 2.24) is 0 Å². The first kappa shape index (κ1) is 11.2. The zero-order valence-electron chi connectivity index (χ0n) is 5.22. The summed E-state index contributed by atoms with van der Waals surface area (Å²) in [5.41, 5.74) is 0. The van der Waals surface area contributed by atoms with Gasteiger partial charge in [-0.3, -0.25) is 0 Å². The lowest BCUT2D eigenvalue weighted by Gasteiger charge is -1.68. The molecule has 0 saturated heterocycles. The highest BCUT2D eigenvalue weighted by Crippen LogP contribution is 1.65. The predicted octanol–water partition coefficient (Wildman–Crippen LogP) is 0.299. The molecule has 2 N–H and O–H groups in total. The van der Waals surface area contributed by atoms with Crippen LogP contribution in [0.4, 0.5) is 0 Å². The Labute approximate surface area is 56.5 Å². The van der Waals surface area contributed by atoms with Crippen molar-refractivity contribution in [1.29, 1.82) is 0 Å². The molecule has 58 valence electrons. The van der Waals surface area contributed by atoms with E-state index in [2.05, 4.69) is 0 Å². The van der Waals surface area contributed by atoms with Gasteiger partial charge in [-0.25, -0.2) is 4.79 Å². The lowest BCUT2D eigenvalue weighted by Crippen LogP contribution is -1.83. The molecular formula is C4H7NO5. The number of carboxylic acids is 1. The van der Waals surface area contributed by atoms with E-state index in [1.54, 1.807) is 6.92 Å². The van der Waals surface area contributed by atoms with Crippen LogP contribution in [0.25, 0.3) is 0 Å². The maximum absolute atomic E-state index is 9.51. The van der Waals surface area contributed by atoms with Gasteiger partial charge < -0.3 is 10.3 Å². The molecule has 0 aromatic heterocycles. The van der Waals surface area contributed by atoms with Crippen LogP contribution >= 0.6 is 0 Å². The Morgan fingerprint density at radius 1 is 1.70 bits per heavy atom. The molecule has 0 heterocycles. The van der Waals surface area contributed by atoms with Gasteiger partial charge in [0.25, 0.3) is 5.09 Å². The largest absolute Gasteiger partial charge is 0.478 e. The standard InChI is InChI=1S/C4H6O2.HNO3/c1-2-3-4(5)6;2-1(3)4/h2-3H,1H3,(H,5,6);(H,2,3,4)/b3-2+;. The average Bonchev–Trinajstić information content (AvgIpc) is 1.62. The highest BCUT2D eigenvalue weighted by Gasteiger charge is 1.76. The summed E-state index contributed by atoms with van der Waals surface area (Å²) >= 11 is 0. The van der Waals surface area contributed by atoms with Gasteiger partial charge in [0.1, 0.15) is 0 Å². The molecule has 6 heteroatoms. The van der Waals surface area contributed by atoms with Crippen molar-refractivity contribution in [2.24, 2.45) is 0 Å². The van der Waals surface area contributed by atoms with Crippen LogP contribution < -0.4 is 0 Å². The van der Waals surface area contributed by atoms with E-state index in [4.69, 9.17) is 20.4 Å². The van der Waals surface area contributed by atoms with Crippen LogP contribution in [-0.4, -0.2) is 21.4 Å². The molecule has 10 heavy (non-hydrogen) atoms. The Kier molecular flexibility index (Phi) is 8.33. The molecule has 0 amide bonds. The maximum atomic E-state index is 9.51. The Morgan fingerprint density at radius 2 is 2.00 bits per heavy atom. The minimum atomic E-state index is -1.50. The van der Waals surface area contributed by atoms with E-state index >= 15 is 0 Å². The van der Waals surface area contributed by atoms with Gasteiger partial charge in [-0.15, -0.1) is 10.1 Å². The fraction of sp³-hybridized carbons (Fsp3) is 0.250. The lowest BCUT2D eigenvalue weighted by molar-refractivity contribution is -0.742. The third-order valence-electron chi connectivity index (χ3n) is 0.309. The van der Waals surface area contributed by atoms with Gasteiger partial charge in [-0.2, -0.15) is 0 Å². The first-order chi connectivity index (χ1) is 4.50. The Hall–Kier alpha value is -1.59. The van der Waals surface area contributed by atoms with Gasteiger partial charge >= 0.3 is 5.97 Å². The Morgan fingerprint density at radius 3 is 2.00 bits per heavy atom. The molecule has 0 bridgehead atoms. The topological polar surface area (TPSA) is 101 Å². The van der Waals surface area contributed by atoms with E-state index < -0.39 is 11.1 Å². The molecule has 0 aromatic carbocycles. The van der Waals surface area contributed by atoms with Crippen LogP contribution in [0.5, 0.6) is 0 Å². The number of aliphatic carboxylic acids is 1. The molecule has 0 aliphatic rings. The molecule has 0 rings (SSSR count). The molecule has 0 atom stereocenters. The molecule has 0 radical (unpaired) electrons. The predicted molar refractivity (Wildman–Crippen MR) is 31.2 cm³/mol. The van der Waals surface area contributed by atoms with E-state index in [1.807, 2.05) is 0 Å². The van der Waals surface area contributed by atoms with Gasteiger partial charge in [0.2, 0.25) is 0 Å². The molecular weight excluding hydrogens is 142 g/mol. The summed E-state index contributed by atoms with van der Waals surface area (Å²) in [6.07, 6.45) is 2.56. The van der Waals surface area contributed by atoms with Gasteiger partial charge in [0.05, 0.1) is 0 Å². The quantitative estimate of drug-likeness (QED) is 0.317.